The monoisotopic (exact) mass is 309 g/mol. The molecule has 0 aromatic carbocycles. The summed E-state index contributed by atoms with van der Waals surface area (Å²) in [6, 6.07) is 2.10. The van der Waals surface area contributed by atoms with Crippen LogP contribution in [0.5, 0.6) is 0 Å². The molecule has 0 saturated heterocycles. The number of nitrogens with zero attached hydrogens (tertiary/aromatic N) is 1. The van der Waals surface area contributed by atoms with Crippen molar-refractivity contribution in [1.29, 1.82) is 5.26 Å². The Labute approximate surface area is 117 Å². The molecule has 0 heterocycles. The zero-order valence-corrected chi connectivity index (χ0v) is 12.4. The molecule has 0 aromatic rings. The molecule has 18 heavy (non-hydrogen) atoms. The first-order valence-electron chi connectivity index (χ1n) is 5.07. The first-order chi connectivity index (χ1) is 8.39. The van der Waals surface area contributed by atoms with Gasteiger partial charge in [0.2, 0.25) is 0 Å². The molecule has 0 fully saturated rings. The highest BCUT2D eigenvalue weighted by Crippen LogP contribution is 2.37. The predicted molar refractivity (Wildman–Crippen MR) is 78.2 cm³/mol. The van der Waals surface area contributed by atoms with E-state index >= 15 is 0 Å². The van der Waals surface area contributed by atoms with Crippen molar-refractivity contribution < 1.29 is 19.8 Å². The van der Waals surface area contributed by atoms with Crippen LogP contribution < -0.4 is 0 Å². The number of hydrogen-bond acceptors (Lipinski definition) is 5. The summed E-state index contributed by atoms with van der Waals surface area (Å²) in [4.78, 5) is 20.7. The first-order valence-corrected chi connectivity index (χ1v) is 8.43. The van der Waals surface area contributed by atoms with Crippen LogP contribution in [-0.4, -0.2) is 37.4 Å². The average molecular weight is 309 g/mol. The molecule has 102 valence electrons. The highest BCUT2D eigenvalue weighted by atomic mass is 33.1. The zero-order chi connectivity index (χ0) is 14.0. The summed E-state index contributed by atoms with van der Waals surface area (Å²) < 4.78 is 1.09. The molecule has 0 aliphatic heterocycles. The van der Waals surface area contributed by atoms with Crippen LogP contribution in [-0.2, 0) is 9.59 Å². The molecule has 1 unspecified atom stereocenters. The number of aliphatic carboxylic acids is 2. The van der Waals surface area contributed by atoms with Crippen molar-refractivity contribution in [2.24, 2.45) is 0 Å². The summed E-state index contributed by atoms with van der Waals surface area (Å²) in [5, 5.41) is 26.0. The minimum absolute atomic E-state index is 0.0334. The van der Waals surface area contributed by atoms with Gasteiger partial charge in [0.05, 0.1) is 12.5 Å². The van der Waals surface area contributed by atoms with Crippen molar-refractivity contribution in [3.05, 3.63) is 0 Å². The van der Waals surface area contributed by atoms with Crippen LogP contribution in [0, 0.1) is 11.3 Å². The first kappa shape index (κ1) is 17.4. The molecule has 0 rings (SSSR count). The number of carboxylic acids is 2. The molecule has 0 amide bonds. The van der Waals surface area contributed by atoms with Crippen molar-refractivity contribution >= 4 is 49.6 Å². The van der Waals surface area contributed by atoms with E-state index in [1.54, 1.807) is 6.92 Å². The Morgan fingerprint density at radius 1 is 1.39 bits per heavy atom. The van der Waals surface area contributed by atoms with Crippen LogP contribution >= 0.6 is 32.9 Å². The molecule has 2 N–H and O–H groups in total. The van der Waals surface area contributed by atoms with Gasteiger partial charge in [-0.2, -0.15) is 16.6 Å². The summed E-state index contributed by atoms with van der Waals surface area (Å²) in [6.45, 7) is 1.70. The maximum Gasteiger partial charge on any atom is 0.304 e. The standard InChI is InChI=1S/C10H15NO4S3/c1-10(6-11,4-2-8(12)13)18-17-7-16-5-3-9(14)15/h7,16H,2-5H2,1H3,(H,12,13)(H,14,15). The molecule has 0 aliphatic rings. The molecule has 0 bridgehead atoms. The smallest absolute Gasteiger partial charge is 0.304 e. The highest BCUT2D eigenvalue weighted by Gasteiger charge is 2.25. The number of thiol groups is 1. The Balaban J connectivity index is 3.96. The lowest BCUT2D eigenvalue weighted by Gasteiger charge is -2.17. The Morgan fingerprint density at radius 3 is 2.50 bits per heavy atom. The fourth-order valence-electron chi connectivity index (χ4n) is 0.833. The van der Waals surface area contributed by atoms with Gasteiger partial charge >= 0.3 is 11.9 Å². The lowest BCUT2D eigenvalue weighted by atomic mass is 10.1. The number of nitriles is 1. The van der Waals surface area contributed by atoms with Gasteiger partial charge < -0.3 is 10.2 Å². The van der Waals surface area contributed by atoms with E-state index in [4.69, 9.17) is 15.5 Å². The normalized spacial score (nSPS) is 14.4. The van der Waals surface area contributed by atoms with Gasteiger partial charge in [-0.25, -0.2) is 0 Å². The van der Waals surface area contributed by atoms with E-state index in [1.807, 2.05) is 4.70 Å². The van der Waals surface area contributed by atoms with E-state index in [0.717, 1.165) is 11.4 Å². The maximum absolute atomic E-state index is 10.5. The van der Waals surface area contributed by atoms with Crippen LogP contribution in [0.25, 0.3) is 0 Å². The molecule has 8 heteroatoms. The van der Waals surface area contributed by atoms with Gasteiger partial charge in [0, 0.05) is 11.1 Å². The predicted octanol–water partition coefficient (Wildman–Crippen LogP) is 2.21. The van der Waals surface area contributed by atoms with Crippen LogP contribution in [0.2, 0.25) is 0 Å². The van der Waals surface area contributed by atoms with E-state index in [-0.39, 0.29) is 19.3 Å². The van der Waals surface area contributed by atoms with Crippen molar-refractivity contribution in [2.75, 3.05) is 5.75 Å². The summed E-state index contributed by atoms with van der Waals surface area (Å²) >= 11 is 0.894. The average Bonchev–Trinajstić information content (AvgIpc) is 2.31. The van der Waals surface area contributed by atoms with Gasteiger partial charge in [-0.3, -0.25) is 9.59 Å². The van der Waals surface area contributed by atoms with Crippen LogP contribution in [0.4, 0.5) is 0 Å². The zero-order valence-electron chi connectivity index (χ0n) is 9.83. The maximum atomic E-state index is 10.5. The highest BCUT2D eigenvalue weighted by molar-refractivity contribution is 8.83. The topological polar surface area (TPSA) is 98.4 Å². The van der Waals surface area contributed by atoms with Gasteiger partial charge in [0.1, 0.15) is 4.75 Å². The molecule has 0 radical (unpaired) electrons. The molecule has 0 spiro atoms. The van der Waals surface area contributed by atoms with E-state index in [1.165, 1.54) is 21.6 Å². The molecule has 0 aliphatic carbocycles. The van der Waals surface area contributed by atoms with E-state index in [2.05, 4.69) is 6.07 Å². The molecule has 0 saturated carbocycles. The third-order valence-corrected chi connectivity index (χ3v) is 6.21. The van der Waals surface area contributed by atoms with Gasteiger partial charge in [0.25, 0.3) is 0 Å². The summed E-state index contributed by atoms with van der Waals surface area (Å²) in [5.41, 5.74) is 0. The SMILES string of the molecule is CC(C#N)(CCC(=O)O)SSC=[SH]CCC(=O)O. The Bertz CT molecular complexity index is 367. The van der Waals surface area contributed by atoms with Crippen LogP contribution in [0.1, 0.15) is 26.2 Å². The van der Waals surface area contributed by atoms with Crippen molar-refractivity contribution in [1.82, 2.24) is 0 Å². The second kappa shape index (κ2) is 9.30. The van der Waals surface area contributed by atoms with Gasteiger partial charge in [-0.15, -0.1) is 0 Å². The van der Waals surface area contributed by atoms with E-state index in [0.29, 0.717) is 5.75 Å². The Kier molecular flexibility index (Phi) is 8.97. The third kappa shape index (κ3) is 9.39. The minimum atomic E-state index is -0.911. The van der Waals surface area contributed by atoms with Gasteiger partial charge in [-0.05, 0) is 19.1 Å². The van der Waals surface area contributed by atoms with Gasteiger partial charge in [0.15, 0.2) is 0 Å². The van der Waals surface area contributed by atoms with E-state index in [9.17, 15) is 9.59 Å². The molecular weight excluding hydrogens is 294 g/mol. The van der Waals surface area contributed by atoms with E-state index < -0.39 is 16.7 Å². The lowest BCUT2D eigenvalue weighted by molar-refractivity contribution is -0.137. The number of carboxylic acid groups (broad SMARTS) is 2. The minimum Gasteiger partial charge on any atom is -0.481 e. The van der Waals surface area contributed by atoms with Crippen LogP contribution in [0.3, 0.4) is 0 Å². The Hall–Kier alpha value is -0.650. The largest absolute Gasteiger partial charge is 0.481 e. The second-order valence-corrected chi connectivity index (χ2v) is 7.56. The molecule has 1 atom stereocenters. The van der Waals surface area contributed by atoms with Gasteiger partial charge in [-0.1, -0.05) is 21.6 Å². The lowest BCUT2D eigenvalue weighted by Crippen LogP contribution is -2.17. The Morgan fingerprint density at radius 2 is 2.00 bits per heavy atom. The fourth-order valence-corrected chi connectivity index (χ4v) is 4.36. The quantitative estimate of drug-likeness (QED) is 0.341. The molecule has 0 aromatic heterocycles. The fraction of sp³-hybridized carbons (Fsp3) is 0.600. The number of rotatable bonds is 9. The van der Waals surface area contributed by atoms with Crippen molar-refractivity contribution in [2.45, 2.75) is 30.9 Å². The summed E-state index contributed by atoms with van der Waals surface area (Å²) in [7, 11) is 2.67. The number of hydrogen-bond donors (Lipinski definition) is 3. The third-order valence-electron chi connectivity index (χ3n) is 1.86. The van der Waals surface area contributed by atoms with Crippen LogP contribution in [0.15, 0.2) is 0 Å². The summed E-state index contributed by atoms with van der Waals surface area (Å²) in [6.07, 6.45) is 0.377. The summed E-state index contributed by atoms with van der Waals surface area (Å²) in [5.74, 6) is -1.19. The second-order valence-electron chi connectivity index (χ2n) is 3.57. The molecular formula is C10H15NO4S3. The van der Waals surface area contributed by atoms with Crippen molar-refractivity contribution in [3.8, 4) is 6.07 Å². The van der Waals surface area contributed by atoms with Crippen molar-refractivity contribution in [3.63, 3.8) is 0 Å². The number of carbonyl (C=O) groups is 2. The molecule has 5 nitrogen and oxygen atoms in total.